The molecule has 0 bridgehead atoms. The van der Waals surface area contributed by atoms with E-state index in [1.807, 2.05) is 11.5 Å². The maximum Gasteiger partial charge on any atom is 0.490 e. The van der Waals surface area contributed by atoms with E-state index in [0.717, 1.165) is 5.82 Å². The van der Waals surface area contributed by atoms with Gasteiger partial charge in [-0.1, -0.05) is 6.07 Å². The van der Waals surface area contributed by atoms with Crippen LogP contribution in [-0.4, -0.2) is 31.7 Å². The Hall–Kier alpha value is -1.66. The number of pyridine rings is 1. The van der Waals surface area contributed by atoms with Gasteiger partial charge in [-0.3, -0.25) is 4.57 Å². The number of hydrogen-bond acceptors (Lipinski definition) is 4. The highest BCUT2D eigenvalue weighted by Crippen LogP contribution is 2.04. The maximum atomic E-state index is 8.90. The van der Waals surface area contributed by atoms with Gasteiger partial charge in [-0.05, 0) is 13.0 Å². The fourth-order valence-corrected chi connectivity index (χ4v) is 1.31. The topological polar surface area (TPSA) is 71.2 Å². The maximum absolute atomic E-state index is 8.90. The molecule has 0 aromatic carbocycles. The summed E-state index contributed by atoms with van der Waals surface area (Å²) in [4.78, 5) is 8.18. The Labute approximate surface area is 87.2 Å². The van der Waals surface area contributed by atoms with Crippen LogP contribution in [0, 0.1) is 6.92 Å². The van der Waals surface area contributed by atoms with Crippen molar-refractivity contribution in [3.63, 3.8) is 0 Å². The zero-order chi connectivity index (χ0) is 10.8. The molecule has 2 N–H and O–H groups in total. The van der Waals surface area contributed by atoms with E-state index in [1.165, 1.54) is 6.20 Å². The Morgan fingerprint density at radius 3 is 2.53 bits per heavy atom. The molecule has 0 saturated heterocycles. The van der Waals surface area contributed by atoms with E-state index < -0.39 is 7.12 Å². The summed E-state index contributed by atoms with van der Waals surface area (Å²) >= 11 is 0. The van der Waals surface area contributed by atoms with Crippen LogP contribution in [-0.2, 0) is 0 Å². The zero-order valence-corrected chi connectivity index (χ0v) is 8.20. The van der Waals surface area contributed by atoms with Crippen LogP contribution in [0.25, 0.3) is 5.82 Å². The van der Waals surface area contributed by atoms with Gasteiger partial charge in [0.25, 0.3) is 0 Å². The Balaban J connectivity index is 2.36. The van der Waals surface area contributed by atoms with E-state index in [9.17, 15) is 0 Å². The molecule has 0 radical (unpaired) electrons. The van der Waals surface area contributed by atoms with Crippen LogP contribution in [0.3, 0.4) is 0 Å². The number of aromatic nitrogens is 3. The minimum absolute atomic E-state index is 0.372. The Morgan fingerprint density at radius 1 is 1.27 bits per heavy atom. The molecule has 0 unspecified atom stereocenters. The number of imidazole rings is 1. The first-order valence-corrected chi connectivity index (χ1v) is 4.51. The summed E-state index contributed by atoms with van der Waals surface area (Å²) in [6, 6.07) is 3.33. The highest BCUT2D eigenvalue weighted by Gasteiger charge is 2.11. The quantitative estimate of drug-likeness (QED) is 0.630. The van der Waals surface area contributed by atoms with Crippen LogP contribution >= 0.6 is 0 Å². The molecule has 15 heavy (non-hydrogen) atoms. The third-order valence-corrected chi connectivity index (χ3v) is 2.14. The summed E-state index contributed by atoms with van der Waals surface area (Å²) in [5, 5.41) is 17.8. The Morgan fingerprint density at radius 2 is 2.07 bits per heavy atom. The SMILES string of the molecule is Cc1nccn1-c1ccc(B(O)O)cn1. The van der Waals surface area contributed by atoms with Crippen molar-refractivity contribution in [1.29, 1.82) is 0 Å². The second-order valence-corrected chi connectivity index (χ2v) is 3.17. The molecule has 0 aliphatic heterocycles. The smallest absolute Gasteiger partial charge is 0.423 e. The summed E-state index contributed by atoms with van der Waals surface area (Å²) in [6.45, 7) is 1.87. The Bertz CT molecular complexity index is 453. The molecule has 2 rings (SSSR count). The second-order valence-electron chi connectivity index (χ2n) is 3.17. The lowest BCUT2D eigenvalue weighted by Gasteiger charge is -2.04. The predicted octanol–water partition coefficient (Wildman–Crippen LogP) is -0.744. The lowest BCUT2D eigenvalue weighted by Crippen LogP contribution is -2.30. The molecule has 2 aromatic heterocycles. The number of nitrogens with zero attached hydrogens (tertiary/aromatic N) is 3. The highest BCUT2D eigenvalue weighted by atomic mass is 16.4. The zero-order valence-electron chi connectivity index (χ0n) is 8.20. The molecule has 0 saturated carbocycles. The average molecular weight is 203 g/mol. The molecule has 0 aliphatic rings. The van der Waals surface area contributed by atoms with Crippen LogP contribution in [0.1, 0.15) is 5.82 Å². The van der Waals surface area contributed by atoms with E-state index in [0.29, 0.717) is 11.3 Å². The molecule has 0 atom stereocenters. The van der Waals surface area contributed by atoms with Gasteiger partial charge in [0, 0.05) is 24.1 Å². The van der Waals surface area contributed by atoms with Crippen molar-refractivity contribution < 1.29 is 10.0 Å². The third-order valence-electron chi connectivity index (χ3n) is 2.14. The first-order chi connectivity index (χ1) is 7.18. The van der Waals surface area contributed by atoms with Crippen LogP contribution in [0.4, 0.5) is 0 Å². The molecule has 6 heteroatoms. The number of hydrogen-bond donors (Lipinski definition) is 2. The van der Waals surface area contributed by atoms with Gasteiger partial charge < -0.3 is 10.0 Å². The van der Waals surface area contributed by atoms with Crippen molar-refractivity contribution in [3.8, 4) is 5.82 Å². The van der Waals surface area contributed by atoms with Crippen molar-refractivity contribution in [2.24, 2.45) is 0 Å². The lowest BCUT2D eigenvalue weighted by molar-refractivity contribution is 0.425. The predicted molar refractivity (Wildman–Crippen MR) is 55.9 cm³/mol. The van der Waals surface area contributed by atoms with E-state index in [-0.39, 0.29) is 0 Å². The molecule has 5 nitrogen and oxygen atoms in total. The molecule has 2 heterocycles. The normalized spacial score (nSPS) is 10.3. The van der Waals surface area contributed by atoms with Gasteiger partial charge in [-0.25, -0.2) is 9.97 Å². The second kappa shape index (κ2) is 3.84. The van der Waals surface area contributed by atoms with Crippen molar-refractivity contribution in [2.75, 3.05) is 0 Å². The van der Waals surface area contributed by atoms with Gasteiger partial charge in [0.1, 0.15) is 11.6 Å². The molecule has 2 aromatic rings. The van der Waals surface area contributed by atoms with Crippen molar-refractivity contribution >= 4 is 12.6 Å². The van der Waals surface area contributed by atoms with Gasteiger partial charge in [0.05, 0.1) is 0 Å². The van der Waals surface area contributed by atoms with Gasteiger partial charge in [-0.15, -0.1) is 0 Å². The molecule has 0 aliphatic carbocycles. The van der Waals surface area contributed by atoms with Gasteiger partial charge in [0.2, 0.25) is 0 Å². The number of rotatable bonds is 2. The standard InChI is InChI=1S/C9H10BN3O2/c1-7-11-4-5-13(7)9-3-2-8(6-12-9)10(14)15/h2-6,14-15H,1H3. The average Bonchev–Trinajstić information content (AvgIpc) is 2.65. The molecule has 0 spiro atoms. The molecular formula is C9H10BN3O2. The van der Waals surface area contributed by atoms with Crippen LogP contribution in [0.2, 0.25) is 0 Å². The first-order valence-electron chi connectivity index (χ1n) is 4.51. The monoisotopic (exact) mass is 203 g/mol. The van der Waals surface area contributed by atoms with Crippen LogP contribution in [0.5, 0.6) is 0 Å². The molecule has 0 amide bonds. The molecular weight excluding hydrogens is 193 g/mol. The minimum Gasteiger partial charge on any atom is -0.423 e. The summed E-state index contributed by atoms with van der Waals surface area (Å²) < 4.78 is 1.81. The highest BCUT2D eigenvalue weighted by molar-refractivity contribution is 6.58. The van der Waals surface area contributed by atoms with Crippen LogP contribution in [0.15, 0.2) is 30.7 Å². The van der Waals surface area contributed by atoms with E-state index in [1.54, 1.807) is 24.5 Å². The molecule has 0 fully saturated rings. The summed E-state index contributed by atoms with van der Waals surface area (Å²) in [7, 11) is -1.48. The van der Waals surface area contributed by atoms with E-state index in [2.05, 4.69) is 9.97 Å². The van der Waals surface area contributed by atoms with Crippen molar-refractivity contribution in [3.05, 3.63) is 36.5 Å². The fourth-order valence-electron chi connectivity index (χ4n) is 1.31. The van der Waals surface area contributed by atoms with E-state index in [4.69, 9.17) is 10.0 Å². The van der Waals surface area contributed by atoms with Gasteiger partial charge in [0.15, 0.2) is 0 Å². The summed E-state index contributed by atoms with van der Waals surface area (Å²) in [5.74, 6) is 1.54. The Kier molecular flexibility index (Phi) is 2.53. The lowest BCUT2D eigenvalue weighted by atomic mass is 9.82. The summed E-state index contributed by atoms with van der Waals surface area (Å²) in [6.07, 6.45) is 4.91. The van der Waals surface area contributed by atoms with Crippen molar-refractivity contribution in [1.82, 2.24) is 14.5 Å². The summed E-state index contributed by atoms with van der Waals surface area (Å²) in [5.41, 5.74) is 0.372. The first kappa shape index (κ1) is 9.88. The number of aryl methyl sites for hydroxylation is 1. The minimum atomic E-state index is -1.48. The third kappa shape index (κ3) is 1.90. The van der Waals surface area contributed by atoms with Gasteiger partial charge >= 0.3 is 7.12 Å². The largest absolute Gasteiger partial charge is 0.490 e. The van der Waals surface area contributed by atoms with Crippen molar-refractivity contribution in [2.45, 2.75) is 6.92 Å². The van der Waals surface area contributed by atoms with Crippen LogP contribution < -0.4 is 5.46 Å². The fraction of sp³-hybridized carbons (Fsp3) is 0.111. The molecule has 76 valence electrons. The van der Waals surface area contributed by atoms with E-state index >= 15 is 0 Å². The van der Waals surface area contributed by atoms with Gasteiger partial charge in [-0.2, -0.15) is 0 Å².